The van der Waals surface area contributed by atoms with Crippen LogP contribution in [0.15, 0.2) is 48.1 Å². The SMILES string of the molecule is C=C1CC2(C)C(=CC1=N)CCC(C)C2CCC1(C)C(C)CC[C@H]1C.CC=O.Nc1cccc(C(=O)O)c1. The molecule has 0 bridgehead atoms. The van der Waals surface area contributed by atoms with Crippen molar-refractivity contribution in [3.63, 3.8) is 0 Å². The maximum atomic E-state index is 10.3. The third kappa shape index (κ3) is 7.00. The number of benzene rings is 1. The Balaban J connectivity index is 0.000000308. The average Bonchev–Trinajstić information content (AvgIpc) is 3.08. The predicted molar refractivity (Wildman–Crippen MR) is 154 cm³/mol. The number of carboxylic acids is 1. The monoisotopic (exact) mass is 508 g/mol. The summed E-state index contributed by atoms with van der Waals surface area (Å²) in [7, 11) is 0. The number of hydrogen-bond acceptors (Lipinski definition) is 4. The van der Waals surface area contributed by atoms with Gasteiger partial charge in [0.2, 0.25) is 0 Å². The van der Waals surface area contributed by atoms with Gasteiger partial charge >= 0.3 is 5.97 Å². The molecule has 3 aliphatic carbocycles. The highest BCUT2D eigenvalue weighted by Crippen LogP contribution is 2.57. The molecule has 2 fully saturated rings. The number of fused-ring (bicyclic) bond motifs is 1. The third-order valence-corrected chi connectivity index (χ3v) is 9.80. The zero-order valence-electron chi connectivity index (χ0n) is 23.8. The fourth-order valence-electron chi connectivity index (χ4n) is 6.91. The molecule has 0 spiro atoms. The van der Waals surface area contributed by atoms with E-state index in [9.17, 15) is 4.79 Å². The zero-order chi connectivity index (χ0) is 28.0. The number of allylic oxidation sites excluding steroid dienone is 3. The smallest absolute Gasteiger partial charge is 0.335 e. The molecule has 4 N–H and O–H groups in total. The van der Waals surface area contributed by atoms with E-state index in [1.807, 2.05) is 0 Å². The van der Waals surface area contributed by atoms with Crippen molar-refractivity contribution in [2.24, 2.45) is 34.5 Å². The van der Waals surface area contributed by atoms with Gasteiger partial charge in [0.05, 0.1) is 11.3 Å². The Morgan fingerprint density at radius 2 is 1.78 bits per heavy atom. The van der Waals surface area contributed by atoms with E-state index in [2.05, 4.69) is 47.3 Å². The van der Waals surface area contributed by atoms with Crippen LogP contribution < -0.4 is 5.73 Å². The Hall–Kier alpha value is -2.69. The zero-order valence-corrected chi connectivity index (χ0v) is 23.8. The molecular formula is C32H48N2O3. The van der Waals surface area contributed by atoms with Gasteiger partial charge in [-0.3, -0.25) is 0 Å². The summed E-state index contributed by atoms with van der Waals surface area (Å²) in [5, 5.41) is 16.6. The molecule has 1 aromatic carbocycles. The number of nitrogens with one attached hydrogen (secondary N) is 1. The lowest BCUT2D eigenvalue weighted by atomic mass is 9.54. The van der Waals surface area contributed by atoms with Crippen LogP contribution in [0, 0.1) is 39.9 Å². The summed E-state index contributed by atoms with van der Waals surface area (Å²) in [6.45, 7) is 18.1. The van der Waals surface area contributed by atoms with Crippen molar-refractivity contribution in [1.82, 2.24) is 0 Å². The minimum Gasteiger partial charge on any atom is -0.478 e. The second-order valence-corrected chi connectivity index (χ2v) is 12.0. The summed E-state index contributed by atoms with van der Waals surface area (Å²) >= 11 is 0. The van der Waals surface area contributed by atoms with Gasteiger partial charge in [-0.05, 0) is 116 Å². The van der Waals surface area contributed by atoms with Crippen molar-refractivity contribution in [1.29, 1.82) is 5.41 Å². The molecule has 5 heteroatoms. The first-order chi connectivity index (χ1) is 17.3. The van der Waals surface area contributed by atoms with Crippen LogP contribution in [0.5, 0.6) is 0 Å². The van der Waals surface area contributed by atoms with Crippen LogP contribution in [0.2, 0.25) is 0 Å². The fourth-order valence-corrected chi connectivity index (χ4v) is 6.91. The number of carbonyl (C=O) groups excluding carboxylic acids is 1. The molecule has 0 aromatic heterocycles. The van der Waals surface area contributed by atoms with Crippen LogP contribution in [0.4, 0.5) is 5.69 Å². The van der Waals surface area contributed by atoms with Crippen molar-refractivity contribution < 1.29 is 14.7 Å². The minimum atomic E-state index is -0.952. The third-order valence-electron chi connectivity index (χ3n) is 9.80. The van der Waals surface area contributed by atoms with Gasteiger partial charge in [0.1, 0.15) is 6.29 Å². The molecule has 4 rings (SSSR count). The van der Waals surface area contributed by atoms with Crippen LogP contribution >= 0.6 is 0 Å². The van der Waals surface area contributed by atoms with Crippen molar-refractivity contribution in [3.05, 3.63) is 53.6 Å². The second kappa shape index (κ2) is 12.7. The van der Waals surface area contributed by atoms with E-state index in [0.29, 0.717) is 16.8 Å². The van der Waals surface area contributed by atoms with Crippen LogP contribution in [0.1, 0.15) is 96.8 Å². The van der Waals surface area contributed by atoms with E-state index in [4.69, 9.17) is 21.0 Å². The lowest BCUT2D eigenvalue weighted by Crippen LogP contribution is -2.42. The first kappa shape index (κ1) is 30.5. The van der Waals surface area contributed by atoms with Crippen molar-refractivity contribution >= 4 is 23.7 Å². The van der Waals surface area contributed by atoms with E-state index >= 15 is 0 Å². The van der Waals surface area contributed by atoms with E-state index in [1.54, 1.807) is 17.7 Å². The number of nitrogen functional groups attached to an aromatic ring is 1. The summed E-state index contributed by atoms with van der Waals surface area (Å²) in [5.41, 5.74) is 10.1. The van der Waals surface area contributed by atoms with Gasteiger partial charge in [0, 0.05) is 5.69 Å². The maximum absolute atomic E-state index is 10.3. The molecule has 0 amide bonds. The minimum absolute atomic E-state index is 0.222. The molecule has 0 radical (unpaired) electrons. The Bertz CT molecular complexity index is 1020. The normalized spacial score (nSPS) is 32.6. The second-order valence-electron chi connectivity index (χ2n) is 12.0. The van der Waals surface area contributed by atoms with Crippen LogP contribution in [-0.4, -0.2) is 23.1 Å². The van der Waals surface area contributed by atoms with Crippen molar-refractivity contribution in [3.8, 4) is 0 Å². The maximum Gasteiger partial charge on any atom is 0.335 e. The Labute approximate surface area is 224 Å². The van der Waals surface area contributed by atoms with Crippen molar-refractivity contribution in [2.45, 2.75) is 86.5 Å². The molecule has 5 nitrogen and oxygen atoms in total. The van der Waals surface area contributed by atoms with Gasteiger partial charge in [0.15, 0.2) is 0 Å². The number of carboxylic acid groups (broad SMARTS) is 1. The van der Waals surface area contributed by atoms with E-state index < -0.39 is 5.97 Å². The van der Waals surface area contributed by atoms with Gasteiger partial charge in [-0.15, -0.1) is 0 Å². The molecule has 5 unspecified atom stereocenters. The van der Waals surface area contributed by atoms with Gasteiger partial charge in [0.25, 0.3) is 0 Å². The molecule has 0 heterocycles. The quantitative estimate of drug-likeness (QED) is 0.283. The van der Waals surface area contributed by atoms with E-state index in [-0.39, 0.29) is 11.0 Å². The van der Waals surface area contributed by atoms with E-state index in [1.165, 1.54) is 57.6 Å². The molecule has 0 saturated heterocycles. The largest absolute Gasteiger partial charge is 0.478 e. The van der Waals surface area contributed by atoms with Crippen LogP contribution in [-0.2, 0) is 4.79 Å². The molecule has 3 aliphatic rings. The number of carbonyl (C=O) groups is 2. The lowest BCUT2D eigenvalue weighted by Gasteiger charge is -2.51. The summed E-state index contributed by atoms with van der Waals surface area (Å²) in [6.07, 6.45) is 11.9. The standard InChI is InChI=1S/C23H37N.C7H7NO2.C2H4O/c1-15-7-10-19-13-21(24)16(2)14-23(19,6)20(15)11-12-22(5)17(3)8-9-18(22)4;8-6-3-1-2-5(4-6)7(9)10;1-2-3/h13,15,17-18,20,24H,2,7-12,14H2,1,3-6H3;1-4H,8H2,(H,9,10);2H,1H3/t15?,17-,18?,20?,22?,23?;;/m1../s1. The molecule has 37 heavy (non-hydrogen) atoms. The molecule has 1 aromatic rings. The summed E-state index contributed by atoms with van der Waals surface area (Å²) in [4.78, 5) is 19.1. The first-order valence-electron chi connectivity index (χ1n) is 13.8. The number of nitrogens with two attached hydrogens (primary N) is 1. The van der Waals surface area contributed by atoms with Crippen LogP contribution in [0.3, 0.4) is 0 Å². The summed E-state index contributed by atoms with van der Waals surface area (Å²) in [5.74, 6) is 2.32. The van der Waals surface area contributed by atoms with Gasteiger partial charge < -0.3 is 21.0 Å². The number of aromatic carboxylic acids is 1. The number of rotatable bonds is 4. The van der Waals surface area contributed by atoms with Gasteiger partial charge in [-0.25, -0.2) is 4.79 Å². The molecule has 2 saturated carbocycles. The van der Waals surface area contributed by atoms with Crippen molar-refractivity contribution in [2.75, 3.05) is 5.73 Å². The number of aldehydes is 1. The summed E-state index contributed by atoms with van der Waals surface area (Å²) in [6, 6.07) is 6.17. The van der Waals surface area contributed by atoms with Gasteiger partial charge in [-0.2, -0.15) is 0 Å². The number of anilines is 1. The van der Waals surface area contributed by atoms with Gasteiger partial charge in [-0.1, -0.05) is 52.8 Å². The molecule has 6 atom stereocenters. The first-order valence-corrected chi connectivity index (χ1v) is 13.8. The Morgan fingerprint density at radius 1 is 1.19 bits per heavy atom. The Kier molecular flexibility index (Phi) is 10.5. The predicted octanol–water partition coefficient (Wildman–Crippen LogP) is 7.97. The molecule has 0 aliphatic heterocycles. The summed E-state index contributed by atoms with van der Waals surface area (Å²) < 4.78 is 0. The topological polar surface area (TPSA) is 104 Å². The molecule has 204 valence electrons. The highest BCUT2D eigenvalue weighted by Gasteiger charge is 2.48. The fraction of sp³-hybridized carbons (Fsp3) is 0.594. The lowest BCUT2D eigenvalue weighted by molar-refractivity contribution is -0.106. The van der Waals surface area contributed by atoms with E-state index in [0.717, 1.165) is 42.0 Å². The highest BCUT2D eigenvalue weighted by atomic mass is 16.4. The molecular weight excluding hydrogens is 460 g/mol. The van der Waals surface area contributed by atoms with Crippen LogP contribution in [0.25, 0.3) is 0 Å². The highest BCUT2D eigenvalue weighted by molar-refractivity contribution is 6.07. The average molecular weight is 509 g/mol. The Morgan fingerprint density at radius 3 is 2.30 bits per heavy atom. The number of hydrogen-bond donors (Lipinski definition) is 3.